The van der Waals surface area contributed by atoms with Crippen LogP contribution in [0, 0.1) is 5.82 Å². The van der Waals surface area contributed by atoms with Crippen molar-refractivity contribution in [3.05, 3.63) is 88.7 Å². The van der Waals surface area contributed by atoms with Crippen molar-refractivity contribution >= 4 is 17.3 Å². The van der Waals surface area contributed by atoms with Crippen LogP contribution >= 0.6 is 0 Å². The zero-order valence-electron chi connectivity index (χ0n) is 22.7. The first-order chi connectivity index (χ1) is 18.2. The number of hydrogen-bond donors (Lipinski definition) is 2. The van der Waals surface area contributed by atoms with Crippen molar-refractivity contribution in [3.8, 4) is 5.75 Å². The van der Waals surface area contributed by atoms with E-state index >= 15 is 0 Å². The molecule has 1 saturated heterocycles. The maximum atomic E-state index is 14.2. The number of anilines is 2. The average Bonchev–Trinajstić information content (AvgIpc) is 2.90. The van der Waals surface area contributed by atoms with Crippen LogP contribution in [0.4, 0.5) is 15.8 Å². The SMILES string of the molecule is CN(C)Cc1cc(CN2CCN(C(=O)c3cc(F)ccc3NCc3ccc(N(C)C)cc3)CC2)ccc1O. The fourth-order valence-electron chi connectivity index (χ4n) is 4.70. The lowest BCUT2D eigenvalue weighted by molar-refractivity contribution is 0.0629. The van der Waals surface area contributed by atoms with Crippen LogP contribution in [0.5, 0.6) is 5.75 Å². The van der Waals surface area contributed by atoms with E-state index in [1.807, 2.05) is 62.3 Å². The number of benzene rings is 3. The Morgan fingerprint density at radius 3 is 2.26 bits per heavy atom. The van der Waals surface area contributed by atoms with Crippen molar-refractivity contribution in [3.63, 3.8) is 0 Å². The van der Waals surface area contributed by atoms with Crippen LogP contribution in [0.25, 0.3) is 0 Å². The lowest BCUT2D eigenvalue weighted by atomic mass is 10.1. The molecule has 202 valence electrons. The maximum absolute atomic E-state index is 14.2. The van der Waals surface area contributed by atoms with E-state index in [1.54, 1.807) is 17.0 Å². The van der Waals surface area contributed by atoms with E-state index in [2.05, 4.69) is 22.3 Å². The van der Waals surface area contributed by atoms with E-state index in [0.29, 0.717) is 43.2 Å². The Kier molecular flexibility index (Phi) is 8.86. The number of amides is 1. The van der Waals surface area contributed by atoms with E-state index < -0.39 is 5.82 Å². The number of nitrogens with one attached hydrogen (secondary N) is 1. The highest BCUT2D eigenvalue weighted by Crippen LogP contribution is 2.23. The lowest BCUT2D eigenvalue weighted by Gasteiger charge is -2.35. The molecule has 0 aromatic heterocycles. The van der Waals surface area contributed by atoms with E-state index in [9.17, 15) is 14.3 Å². The minimum Gasteiger partial charge on any atom is -0.508 e. The molecule has 2 N–H and O–H groups in total. The van der Waals surface area contributed by atoms with E-state index in [1.165, 1.54) is 12.1 Å². The summed E-state index contributed by atoms with van der Waals surface area (Å²) in [4.78, 5) is 21.6. The van der Waals surface area contributed by atoms with E-state index in [4.69, 9.17) is 0 Å². The van der Waals surface area contributed by atoms with Gasteiger partial charge in [-0.2, -0.15) is 0 Å². The molecule has 1 aliphatic rings. The summed E-state index contributed by atoms with van der Waals surface area (Å²) in [6.07, 6.45) is 0. The molecule has 1 fully saturated rings. The molecule has 0 saturated carbocycles. The molecule has 0 aliphatic carbocycles. The van der Waals surface area contributed by atoms with Crippen molar-refractivity contribution in [2.24, 2.45) is 0 Å². The van der Waals surface area contributed by atoms with Gasteiger partial charge < -0.3 is 25.1 Å². The first kappa shape index (κ1) is 27.4. The van der Waals surface area contributed by atoms with Gasteiger partial charge >= 0.3 is 0 Å². The van der Waals surface area contributed by atoms with Gasteiger partial charge in [-0.25, -0.2) is 4.39 Å². The highest BCUT2D eigenvalue weighted by atomic mass is 19.1. The van der Waals surface area contributed by atoms with Gasteiger partial charge in [-0.05, 0) is 67.7 Å². The Morgan fingerprint density at radius 2 is 1.61 bits per heavy atom. The second-order valence-corrected chi connectivity index (χ2v) is 10.4. The van der Waals surface area contributed by atoms with Crippen LogP contribution in [0.1, 0.15) is 27.0 Å². The Bertz CT molecular complexity index is 1240. The molecule has 0 radical (unpaired) electrons. The van der Waals surface area contributed by atoms with Crippen molar-refractivity contribution in [2.45, 2.75) is 19.6 Å². The van der Waals surface area contributed by atoms with Gasteiger partial charge in [-0.15, -0.1) is 0 Å². The summed E-state index contributed by atoms with van der Waals surface area (Å²) in [5.74, 6) is -0.274. The van der Waals surface area contributed by atoms with Crippen LogP contribution in [-0.4, -0.2) is 80.1 Å². The number of phenols is 1. The van der Waals surface area contributed by atoms with Crippen molar-refractivity contribution < 1.29 is 14.3 Å². The standard InChI is InChI=1S/C30H38FN5O2/c1-33(2)21-24-17-23(7-12-29(24)37)20-35-13-15-36(16-14-35)30(38)27-18-25(31)8-11-28(27)32-19-22-5-9-26(10-6-22)34(3)4/h5-12,17-18,32,37H,13-16,19-21H2,1-4H3. The van der Waals surface area contributed by atoms with Crippen LogP contribution in [0.2, 0.25) is 0 Å². The summed E-state index contributed by atoms with van der Waals surface area (Å²) in [6.45, 7) is 4.57. The van der Waals surface area contributed by atoms with E-state index in [-0.39, 0.29) is 5.91 Å². The molecule has 1 aliphatic heterocycles. The number of carbonyl (C=O) groups is 1. The summed E-state index contributed by atoms with van der Waals surface area (Å²) >= 11 is 0. The third-order valence-electron chi connectivity index (χ3n) is 6.84. The van der Waals surface area contributed by atoms with Gasteiger partial charge in [0.15, 0.2) is 0 Å². The zero-order chi connectivity index (χ0) is 27.2. The summed E-state index contributed by atoms with van der Waals surface area (Å²) in [6, 6.07) is 18.3. The molecule has 0 unspecified atom stereocenters. The Balaban J connectivity index is 1.37. The lowest BCUT2D eigenvalue weighted by Crippen LogP contribution is -2.48. The molecule has 0 atom stereocenters. The molecule has 1 amide bonds. The zero-order valence-corrected chi connectivity index (χ0v) is 22.7. The molecule has 3 aromatic rings. The van der Waals surface area contributed by atoms with E-state index in [0.717, 1.165) is 42.0 Å². The fraction of sp³-hybridized carbons (Fsp3) is 0.367. The molecule has 3 aromatic carbocycles. The number of rotatable bonds is 9. The number of carbonyl (C=O) groups excluding carboxylic acids is 1. The third-order valence-corrected chi connectivity index (χ3v) is 6.84. The Labute approximate surface area is 225 Å². The van der Waals surface area contributed by atoms with Gasteiger partial charge in [-0.1, -0.05) is 18.2 Å². The minimum absolute atomic E-state index is 0.160. The number of piperazine rings is 1. The second kappa shape index (κ2) is 12.3. The number of aromatic hydroxyl groups is 1. The largest absolute Gasteiger partial charge is 0.508 e. The number of phenolic OH excluding ortho intramolecular Hbond substituents is 1. The Hall–Kier alpha value is -3.62. The molecule has 38 heavy (non-hydrogen) atoms. The van der Waals surface area contributed by atoms with Gasteiger partial charge in [0, 0.05) is 76.8 Å². The summed E-state index contributed by atoms with van der Waals surface area (Å²) in [7, 11) is 7.95. The smallest absolute Gasteiger partial charge is 0.256 e. The predicted molar refractivity (Wildman–Crippen MR) is 151 cm³/mol. The molecule has 8 heteroatoms. The fourth-order valence-corrected chi connectivity index (χ4v) is 4.70. The quantitative estimate of drug-likeness (QED) is 0.441. The molecule has 0 spiro atoms. The first-order valence-corrected chi connectivity index (χ1v) is 13.0. The number of halogens is 1. The molecule has 1 heterocycles. The van der Waals surface area contributed by atoms with Crippen LogP contribution in [0.3, 0.4) is 0 Å². The second-order valence-electron chi connectivity index (χ2n) is 10.4. The van der Waals surface area contributed by atoms with Gasteiger partial charge in [0.05, 0.1) is 5.56 Å². The molecule has 4 rings (SSSR count). The third kappa shape index (κ3) is 7.02. The highest BCUT2D eigenvalue weighted by molar-refractivity contribution is 5.99. The summed E-state index contributed by atoms with van der Waals surface area (Å²) in [5.41, 5.74) is 5.22. The summed E-state index contributed by atoms with van der Waals surface area (Å²) in [5, 5.41) is 13.5. The van der Waals surface area contributed by atoms with Crippen LogP contribution in [-0.2, 0) is 19.6 Å². The monoisotopic (exact) mass is 519 g/mol. The van der Waals surface area contributed by atoms with Crippen molar-refractivity contribution in [1.29, 1.82) is 0 Å². The van der Waals surface area contributed by atoms with Gasteiger partial charge in [0.25, 0.3) is 5.91 Å². The van der Waals surface area contributed by atoms with Crippen molar-refractivity contribution in [1.82, 2.24) is 14.7 Å². The topological polar surface area (TPSA) is 62.3 Å². The Morgan fingerprint density at radius 1 is 0.921 bits per heavy atom. The number of nitrogens with zero attached hydrogens (tertiary/aromatic N) is 4. The molecule has 7 nitrogen and oxygen atoms in total. The van der Waals surface area contributed by atoms with Crippen LogP contribution < -0.4 is 10.2 Å². The predicted octanol–water partition coefficient (Wildman–Crippen LogP) is 4.23. The van der Waals surface area contributed by atoms with Gasteiger partial charge in [0.2, 0.25) is 0 Å². The molecular formula is C30H38FN5O2. The molecule has 0 bridgehead atoms. The van der Waals surface area contributed by atoms with Crippen LogP contribution in [0.15, 0.2) is 60.7 Å². The van der Waals surface area contributed by atoms with Crippen molar-refractivity contribution in [2.75, 3.05) is 64.6 Å². The number of hydrogen-bond acceptors (Lipinski definition) is 6. The highest BCUT2D eigenvalue weighted by Gasteiger charge is 2.24. The first-order valence-electron chi connectivity index (χ1n) is 13.0. The minimum atomic E-state index is -0.422. The maximum Gasteiger partial charge on any atom is 0.256 e. The normalized spacial score (nSPS) is 14.1. The molecular weight excluding hydrogens is 481 g/mol. The van der Waals surface area contributed by atoms with Gasteiger partial charge in [-0.3, -0.25) is 9.69 Å². The average molecular weight is 520 g/mol. The summed E-state index contributed by atoms with van der Waals surface area (Å²) < 4.78 is 14.2. The van der Waals surface area contributed by atoms with Gasteiger partial charge in [0.1, 0.15) is 11.6 Å².